The average Bonchev–Trinajstić information content (AvgIpc) is 2.97. The van der Waals surface area contributed by atoms with Gasteiger partial charge in [0.15, 0.2) is 0 Å². The lowest BCUT2D eigenvalue weighted by Crippen LogP contribution is -2.49. The first-order valence-electron chi connectivity index (χ1n) is 8.72. The van der Waals surface area contributed by atoms with Crippen LogP contribution >= 0.6 is 0 Å². The van der Waals surface area contributed by atoms with Crippen LogP contribution in [-0.2, 0) is 18.0 Å². The van der Waals surface area contributed by atoms with Crippen molar-refractivity contribution >= 4 is 0 Å². The Bertz CT molecular complexity index is 783. The zero-order chi connectivity index (χ0) is 17.7. The highest BCUT2D eigenvalue weighted by Gasteiger charge is 2.52. The Morgan fingerprint density at radius 1 is 1.12 bits per heavy atom. The van der Waals surface area contributed by atoms with E-state index in [9.17, 15) is 18.3 Å². The summed E-state index contributed by atoms with van der Waals surface area (Å²) in [5, 5.41) is 11.2. The van der Waals surface area contributed by atoms with Gasteiger partial charge in [0.05, 0.1) is 11.7 Å². The highest BCUT2D eigenvalue weighted by atomic mass is 19.4. The number of rotatable bonds is 3. The second-order valence-corrected chi connectivity index (χ2v) is 7.19. The zero-order valence-electron chi connectivity index (χ0n) is 13.8. The molecule has 25 heavy (non-hydrogen) atoms. The van der Waals surface area contributed by atoms with Gasteiger partial charge in [-0.25, -0.2) is 0 Å². The van der Waals surface area contributed by atoms with E-state index >= 15 is 0 Å². The number of aliphatic hydroxyl groups is 1. The summed E-state index contributed by atoms with van der Waals surface area (Å²) in [6.07, 6.45) is 0.00278. The number of nitrogens with zero attached hydrogens (tertiary/aromatic N) is 1. The highest BCUT2D eigenvalue weighted by Crippen LogP contribution is 2.54. The van der Waals surface area contributed by atoms with E-state index in [4.69, 9.17) is 0 Å². The first-order valence-corrected chi connectivity index (χ1v) is 8.72. The van der Waals surface area contributed by atoms with Crippen LogP contribution in [0.2, 0.25) is 0 Å². The molecule has 0 spiro atoms. The Hall–Kier alpha value is -1.88. The van der Waals surface area contributed by atoms with Gasteiger partial charge in [-0.15, -0.1) is 0 Å². The van der Waals surface area contributed by atoms with Crippen LogP contribution in [0.1, 0.15) is 54.0 Å². The van der Waals surface area contributed by atoms with Gasteiger partial charge in [-0.05, 0) is 48.9 Å². The summed E-state index contributed by atoms with van der Waals surface area (Å²) >= 11 is 0. The lowest BCUT2D eigenvalue weighted by Gasteiger charge is -2.49. The quantitative estimate of drug-likeness (QED) is 0.879. The van der Waals surface area contributed by atoms with Gasteiger partial charge in [-0.2, -0.15) is 13.2 Å². The molecule has 1 heterocycles. The minimum Gasteiger partial charge on any atom is -0.392 e. The number of hydrogen-bond acceptors (Lipinski definition) is 2. The largest absolute Gasteiger partial charge is 0.416 e. The van der Waals surface area contributed by atoms with Crippen molar-refractivity contribution in [3.63, 3.8) is 0 Å². The fourth-order valence-corrected chi connectivity index (χ4v) is 4.58. The van der Waals surface area contributed by atoms with Crippen molar-refractivity contribution in [3.8, 4) is 0 Å². The van der Waals surface area contributed by atoms with E-state index < -0.39 is 23.3 Å². The molecule has 4 rings (SSSR count). The molecule has 1 fully saturated rings. The Labute approximate surface area is 144 Å². The number of benzene rings is 1. The molecule has 2 atom stereocenters. The molecule has 0 radical (unpaired) electrons. The minimum absolute atomic E-state index is 0.196. The van der Waals surface area contributed by atoms with Gasteiger partial charge in [0.2, 0.25) is 0 Å². The summed E-state index contributed by atoms with van der Waals surface area (Å²) in [6.45, 7) is 0. The molecule has 2 unspecified atom stereocenters. The molecule has 1 aromatic carbocycles. The van der Waals surface area contributed by atoms with E-state index in [2.05, 4.69) is 4.98 Å². The van der Waals surface area contributed by atoms with Crippen molar-refractivity contribution in [2.75, 3.05) is 0 Å². The van der Waals surface area contributed by atoms with E-state index in [1.807, 2.05) is 12.1 Å². The van der Waals surface area contributed by atoms with Crippen LogP contribution < -0.4 is 0 Å². The predicted octanol–water partition coefficient (Wildman–Crippen LogP) is 4.61. The molecule has 2 aliphatic carbocycles. The van der Waals surface area contributed by atoms with E-state index in [1.54, 1.807) is 18.3 Å². The lowest BCUT2D eigenvalue weighted by atomic mass is 9.57. The van der Waals surface area contributed by atoms with Crippen LogP contribution in [0.4, 0.5) is 13.2 Å². The molecule has 1 N–H and O–H groups in total. The lowest BCUT2D eigenvalue weighted by molar-refractivity contribution is -0.140. The van der Waals surface area contributed by atoms with E-state index in [0.29, 0.717) is 12.8 Å². The van der Waals surface area contributed by atoms with Crippen LogP contribution in [0, 0.1) is 0 Å². The molecule has 2 aliphatic rings. The Balaban J connectivity index is 1.76. The van der Waals surface area contributed by atoms with Crippen LogP contribution in [0.5, 0.6) is 0 Å². The monoisotopic (exact) mass is 347 g/mol. The second kappa shape index (κ2) is 5.84. The Kier molecular flexibility index (Phi) is 3.87. The van der Waals surface area contributed by atoms with Gasteiger partial charge in [0, 0.05) is 23.2 Å². The molecule has 2 nitrogen and oxygen atoms in total. The first-order chi connectivity index (χ1) is 11.9. The summed E-state index contributed by atoms with van der Waals surface area (Å²) in [4.78, 5) is 4.42. The van der Waals surface area contributed by atoms with Crippen molar-refractivity contribution in [2.24, 2.45) is 0 Å². The number of pyridine rings is 1. The fourth-order valence-electron chi connectivity index (χ4n) is 4.58. The standard InChI is InChI=1S/C20H20F3NO/c21-20(22,23)16-7-2-1-6-15(16)19(10-4-11-19)18(25)14-9-8-13-5-3-12-24-17(13)14/h1-3,5-7,12,14,18,25H,4,8-11H2. The van der Waals surface area contributed by atoms with Gasteiger partial charge in [-0.3, -0.25) is 4.98 Å². The molecule has 1 aromatic heterocycles. The molecular weight excluding hydrogens is 327 g/mol. The number of aryl methyl sites for hydroxylation is 1. The second-order valence-electron chi connectivity index (χ2n) is 7.19. The smallest absolute Gasteiger partial charge is 0.392 e. The molecule has 5 heteroatoms. The average molecular weight is 347 g/mol. The maximum atomic E-state index is 13.5. The maximum Gasteiger partial charge on any atom is 0.416 e. The van der Waals surface area contributed by atoms with Crippen LogP contribution in [0.25, 0.3) is 0 Å². The SMILES string of the molecule is OC(C1CCc2cccnc21)C1(c2ccccc2C(F)(F)F)CCC1. The van der Waals surface area contributed by atoms with Crippen molar-refractivity contribution in [2.45, 2.75) is 55.7 Å². The van der Waals surface area contributed by atoms with Crippen LogP contribution in [-0.4, -0.2) is 16.2 Å². The molecule has 0 saturated heterocycles. The van der Waals surface area contributed by atoms with Gasteiger partial charge >= 0.3 is 6.18 Å². The normalized spacial score (nSPS) is 23.0. The van der Waals surface area contributed by atoms with Gasteiger partial charge in [0.1, 0.15) is 0 Å². The maximum absolute atomic E-state index is 13.5. The summed E-state index contributed by atoms with van der Waals surface area (Å²) < 4.78 is 40.6. The molecule has 0 bridgehead atoms. The summed E-state index contributed by atoms with van der Waals surface area (Å²) in [5.74, 6) is -0.196. The summed E-state index contributed by atoms with van der Waals surface area (Å²) in [5.41, 5.74) is 0.755. The van der Waals surface area contributed by atoms with E-state index in [1.165, 1.54) is 6.07 Å². The van der Waals surface area contributed by atoms with Gasteiger partial charge in [0.25, 0.3) is 0 Å². The van der Waals surface area contributed by atoms with Crippen molar-refractivity contribution in [3.05, 3.63) is 65.0 Å². The molecule has 0 aliphatic heterocycles. The number of aromatic nitrogens is 1. The van der Waals surface area contributed by atoms with E-state index in [-0.39, 0.29) is 11.5 Å². The van der Waals surface area contributed by atoms with Crippen molar-refractivity contribution < 1.29 is 18.3 Å². The molecule has 132 valence electrons. The van der Waals surface area contributed by atoms with Crippen molar-refractivity contribution in [1.82, 2.24) is 4.98 Å². The zero-order valence-corrected chi connectivity index (χ0v) is 13.8. The third-order valence-electron chi connectivity index (χ3n) is 5.96. The van der Waals surface area contributed by atoms with Gasteiger partial charge in [-0.1, -0.05) is 30.7 Å². The molecule has 1 saturated carbocycles. The predicted molar refractivity (Wildman–Crippen MR) is 88.3 cm³/mol. The van der Waals surface area contributed by atoms with Crippen molar-refractivity contribution in [1.29, 1.82) is 0 Å². The number of aliphatic hydroxyl groups excluding tert-OH is 1. The Morgan fingerprint density at radius 3 is 2.56 bits per heavy atom. The van der Waals surface area contributed by atoms with Crippen LogP contribution in [0.3, 0.4) is 0 Å². The summed E-state index contributed by atoms with van der Waals surface area (Å²) in [7, 11) is 0. The number of alkyl halides is 3. The van der Waals surface area contributed by atoms with E-state index in [0.717, 1.165) is 36.6 Å². The van der Waals surface area contributed by atoms with Crippen LogP contribution in [0.15, 0.2) is 42.6 Å². The molecular formula is C20H20F3NO. The highest BCUT2D eigenvalue weighted by molar-refractivity contribution is 5.41. The fraction of sp³-hybridized carbons (Fsp3) is 0.450. The Morgan fingerprint density at radius 2 is 1.88 bits per heavy atom. The third kappa shape index (κ3) is 2.56. The number of hydrogen-bond donors (Lipinski definition) is 1. The minimum atomic E-state index is -4.41. The molecule has 0 amide bonds. The topological polar surface area (TPSA) is 33.1 Å². The first kappa shape index (κ1) is 16.6. The summed E-state index contributed by atoms with van der Waals surface area (Å²) in [6, 6.07) is 9.58. The molecule has 2 aromatic rings. The number of fused-ring (bicyclic) bond motifs is 1. The number of halogens is 3. The van der Waals surface area contributed by atoms with Gasteiger partial charge < -0.3 is 5.11 Å². The third-order valence-corrected chi connectivity index (χ3v) is 5.96.